The largest absolute Gasteiger partial charge is 0.489 e. The van der Waals surface area contributed by atoms with Crippen LogP contribution in [0.25, 0.3) is 10.9 Å². The van der Waals surface area contributed by atoms with Gasteiger partial charge in [-0.1, -0.05) is 29.8 Å². The summed E-state index contributed by atoms with van der Waals surface area (Å²) in [4.78, 5) is 4.37. The number of para-hydroxylation sites is 1. The van der Waals surface area contributed by atoms with Crippen molar-refractivity contribution in [1.82, 2.24) is 4.98 Å². The van der Waals surface area contributed by atoms with Gasteiger partial charge in [0.25, 0.3) is 0 Å². The van der Waals surface area contributed by atoms with Gasteiger partial charge in [-0.05, 0) is 36.4 Å². The number of anilines is 1. The molecular formula is C16H13ClN2O. The summed E-state index contributed by atoms with van der Waals surface area (Å²) in [5.74, 6) is 0.753. The summed E-state index contributed by atoms with van der Waals surface area (Å²) in [6, 6.07) is 17.1. The fourth-order valence-corrected chi connectivity index (χ4v) is 2.16. The minimum Gasteiger partial charge on any atom is -0.489 e. The van der Waals surface area contributed by atoms with Gasteiger partial charge in [-0.2, -0.15) is 0 Å². The lowest BCUT2D eigenvalue weighted by atomic mass is 10.2. The summed E-state index contributed by atoms with van der Waals surface area (Å²) in [7, 11) is 0. The second-order valence-electron chi connectivity index (χ2n) is 4.49. The van der Waals surface area contributed by atoms with Gasteiger partial charge in [-0.25, -0.2) is 4.98 Å². The molecule has 0 unspecified atom stereocenters. The summed E-state index contributed by atoms with van der Waals surface area (Å²) in [6.45, 7) is 0.376. The van der Waals surface area contributed by atoms with Crippen molar-refractivity contribution < 1.29 is 4.74 Å². The SMILES string of the molecule is Nc1ccc(OCc2cc3ccccc3nc2Cl)cc1. The standard InChI is InChI=1S/C16H13ClN2O/c17-16-12(9-11-3-1-2-4-15(11)19-16)10-20-14-7-5-13(18)6-8-14/h1-9H,10,18H2. The molecule has 0 saturated heterocycles. The van der Waals surface area contributed by atoms with Gasteiger partial charge in [0.1, 0.15) is 17.5 Å². The number of hydrogen-bond acceptors (Lipinski definition) is 3. The molecule has 1 heterocycles. The summed E-state index contributed by atoms with van der Waals surface area (Å²) in [5.41, 5.74) is 8.09. The maximum atomic E-state index is 6.18. The zero-order valence-electron chi connectivity index (χ0n) is 10.7. The number of pyridine rings is 1. The number of aromatic nitrogens is 1. The van der Waals surface area contributed by atoms with E-state index in [1.807, 2.05) is 42.5 Å². The van der Waals surface area contributed by atoms with Crippen LogP contribution in [0.2, 0.25) is 5.15 Å². The molecule has 100 valence electrons. The van der Waals surface area contributed by atoms with Gasteiger partial charge >= 0.3 is 0 Å². The molecule has 1 aromatic heterocycles. The molecule has 0 radical (unpaired) electrons. The summed E-state index contributed by atoms with van der Waals surface area (Å²) in [6.07, 6.45) is 0. The lowest BCUT2D eigenvalue weighted by Crippen LogP contribution is -1.98. The van der Waals surface area contributed by atoms with Gasteiger partial charge in [0, 0.05) is 16.6 Å². The van der Waals surface area contributed by atoms with Crippen molar-refractivity contribution in [2.24, 2.45) is 0 Å². The summed E-state index contributed by atoms with van der Waals surface area (Å²) in [5, 5.41) is 1.52. The topological polar surface area (TPSA) is 48.1 Å². The maximum Gasteiger partial charge on any atom is 0.136 e. The second kappa shape index (κ2) is 5.39. The maximum absolute atomic E-state index is 6.18. The van der Waals surface area contributed by atoms with Crippen LogP contribution >= 0.6 is 11.6 Å². The zero-order chi connectivity index (χ0) is 13.9. The molecule has 3 rings (SSSR count). The van der Waals surface area contributed by atoms with E-state index < -0.39 is 0 Å². The van der Waals surface area contributed by atoms with Crippen LogP contribution in [0.5, 0.6) is 5.75 Å². The third-order valence-corrected chi connectivity index (χ3v) is 3.35. The molecule has 0 aliphatic heterocycles. The lowest BCUT2D eigenvalue weighted by Gasteiger charge is -2.09. The Morgan fingerprint density at radius 2 is 1.80 bits per heavy atom. The molecule has 2 aromatic carbocycles. The molecular weight excluding hydrogens is 272 g/mol. The Morgan fingerprint density at radius 3 is 2.60 bits per heavy atom. The molecule has 2 N–H and O–H groups in total. The van der Waals surface area contributed by atoms with E-state index in [4.69, 9.17) is 22.1 Å². The van der Waals surface area contributed by atoms with Gasteiger partial charge < -0.3 is 10.5 Å². The van der Waals surface area contributed by atoms with Crippen molar-refractivity contribution in [2.45, 2.75) is 6.61 Å². The van der Waals surface area contributed by atoms with Crippen LogP contribution in [0, 0.1) is 0 Å². The first-order valence-electron chi connectivity index (χ1n) is 6.25. The summed E-state index contributed by atoms with van der Waals surface area (Å²) >= 11 is 6.18. The van der Waals surface area contributed by atoms with Crippen LogP contribution in [0.4, 0.5) is 5.69 Å². The van der Waals surface area contributed by atoms with E-state index >= 15 is 0 Å². The molecule has 0 fully saturated rings. The normalized spacial score (nSPS) is 10.7. The van der Waals surface area contributed by atoms with Crippen LogP contribution in [0.15, 0.2) is 54.6 Å². The smallest absolute Gasteiger partial charge is 0.136 e. The van der Waals surface area contributed by atoms with E-state index in [9.17, 15) is 0 Å². The van der Waals surface area contributed by atoms with Crippen LogP contribution in [0.1, 0.15) is 5.56 Å². The number of nitrogens with two attached hydrogens (primary N) is 1. The number of nitrogen functional groups attached to an aromatic ring is 1. The number of nitrogens with zero attached hydrogens (tertiary/aromatic N) is 1. The Hall–Kier alpha value is -2.26. The predicted octanol–water partition coefficient (Wildman–Crippen LogP) is 4.05. The zero-order valence-corrected chi connectivity index (χ0v) is 11.5. The molecule has 0 aliphatic rings. The monoisotopic (exact) mass is 284 g/mol. The van der Waals surface area contributed by atoms with Gasteiger partial charge in [0.05, 0.1) is 5.52 Å². The molecule has 0 atom stereocenters. The molecule has 0 bridgehead atoms. The van der Waals surface area contributed by atoms with Crippen molar-refractivity contribution in [3.63, 3.8) is 0 Å². The second-order valence-corrected chi connectivity index (χ2v) is 4.85. The van der Waals surface area contributed by atoms with Crippen LogP contribution in [-0.2, 0) is 6.61 Å². The van der Waals surface area contributed by atoms with E-state index in [0.717, 1.165) is 22.2 Å². The molecule has 0 aliphatic carbocycles. The quantitative estimate of drug-likeness (QED) is 0.583. The van der Waals surface area contributed by atoms with Crippen molar-refractivity contribution in [2.75, 3.05) is 5.73 Å². The fraction of sp³-hybridized carbons (Fsp3) is 0.0625. The lowest BCUT2D eigenvalue weighted by molar-refractivity contribution is 0.306. The van der Waals surface area contributed by atoms with Crippen molar-refractivity contribution in [3.05, 3.63) is 65.3 Å². The van der Waals surface area contributed by atoms with Gasteiger partial charge in [0.2, 0.25) is 0 Å². The van der Waals surface area contributed by atoms with Crippen molar-refractivity contribution in [1.29, 1.82) is 0 Å². The van der Waals surface area contributed by atoms with Gasteiger partial charge in [-0.3, -0.25) is 0 Å². The van der Waals surface area contributed by atoms with Crippen LogP contribution in [0.3, 0.4) is 0 Å². The number of hydrogen-bond donors (Lipinski definition) is 1. The Morgan fingerprint density at radius 1 is 1.05 bits per heavy atom. The van der Waals surface area contributed by atoms with Crippen molar-refractivity contribution >= 4 is 28.2 Å². The molecule has 0 saturated carbocycles. The third kappa shape index (κ3) is 2.68. The highest BCUT2D eigenvalue weighted by Gasteiger charge is 2.05. The highest BCUT2D eigenvalue weighted by molar-refractivity contribution is 6.30. The highest BCUT2D eigenvalue weighted by atomic mass is 35.5. The Balaban J connectivity index is 1.83. The molecule has 3 aromatic rings. The first kappa shape index (κ1) is 12.8. The highest BCUT2D eigenvalue weighted by Crippen LogP contribution is 2.22. The van der Waals surface area contributed by atoms with Gasteiger partial charge in [-0.15, -0.1) is 0 Å². The van der Waals surface area contributed by atoms with Crippen molar-refractivity contribution in [3.8, 4) is 5.75 Å². The summed E-state index contributed by atoms with van der Waals surface area (Å²) < 4.78 is 5.70. The molecule has 4 heteroatoms. The molecule has 0 amide bonds. The third-order valence-electron chi connectivity index (χ3n) is 3.02. The minimum absolute atomic E-state index is 0.376. The van der Waals surface area contributed by atoms with E-state index in [-0.39, 0.29) is 0 Å². The fourth-order valence-electron chi connectivity index (χ4n) is 1.96. The van der Waals surface area contributed by atoms with E-state index in [2.05, 4.69) is 4.98 Å². The molecule has 20 heavy (non-hydrogen) atoms. The number of rotatable bonds is 3. The Kier molecular flexibility index (Phi) is 3.44. The minimum atomic E-state index is 0.376. The first-order valence-corrected chi connectivity index (χ1v) is 6.63. The van der Waals surface area contributed by atoms with E-state index in [1.165, 1.54) is 0 Å². The number of halogens is 1. The van der Waals surface area contributed by atoms with Gasteiger partial charge in [0.15, 0.2) is 0 Å². The average Bonchev–Trinajstić information content (AvgIpc) is 2.47. The van der Waals surface area contributed by atoms with Crippen LogP contribution in [-0.4, -0.2) is 4.98 Å². The Labute approximate surface area is 122 Å². The predicted molar refractivity (Wildman–Crippen MR) is 81.9 cm³/mol. The molecule has 3 nitrogen and oxygen atoms in total. The number of ether oxygens (including phenoxy) is 1. The average molecular weight is 285 g/mol. The van der Waals surface area contributed by atoms with E-state index in [0.29, 0.717) is 17.4 Å². The van der Waals surface area contributed by atoms with Crippen LogP contribution < -0.4 is 10.5 Å². The first-order chi connectivity index (χ1) is 9.72. The number of fused-ring (bicyclic) bond motifs is 1. The number of benzene rings is 2. The Bertz CT molecular complexity index is 741. The molecule has 0 spiro atoms. The van der Waals surface area contributed by atoms with E-state index in [1.54, 1.807) is 12.1 Å².